The number of rotatable bonds is 3. The lowest BCUT2D eigenvalue weighted by molar-refractivity contribution is 0.0689. The fourth-order valence-corrected chi connectivity index (χ4v) is 2.80. The van der Waals surface area contributed by atoms with Gasteiger partial charge in [-0.3, -0.25) is 0 Å². The molecule has 21 heavy (non-hydrogen) atoms. The average molecular weight is 352 g/mol. The van der Waals surface area contributed by atoms with Gasteiger partial charge in [0.05, 0.1) is 18.7 Å². The summed E-state index contributed by atoms with van der Waals surface area (Å²) in [6, 6.07) is 5.51. The third-order valence-electron chi connectivity index (χ3n) is 3.51. The predicted octanol–water partition coefficient (Wildman–Crippen LogP) is 3.17. The minimum Gasteiger partial charge on any atom is -0.487 e. The monoisotopic (exact) mass is 351 g/mol. The van der Waals surface area contributed by atoms with Crippen molar-refractivity contribution in [3.8, 4) is 5.75 Å². The first-order valence-electron chi connectivity index (χ1n) is 6.64. The van der Waals surface area contributed by atoms with Crippen molar-refractivity contribution in [2.75, 3.05) is 13.2 Å². The van der Waals surface area contributed by atoms with Crippen molar-refractivity contribution in [2.45, 2.75) is 19.4 Å². The first-order chi connectivity index (χ1) is 10.1. The zero-order chi connectivity index (χ0) is 15.0. The van der Waals surface area contributed by atoms with Gasteiger partial charge in [-0.2, -0.15) is 0 Å². The highest BCUT2D eigenvalue weighted by atomic mass is 79.9. The molecule has 1 fully saturated rings. The topological polar surface area (TPSA) is 68.7 Å². The van der Waals surface area contributed by atoms with Gasteiger partial charge in [0.2, 0.25) is 0 Å². The van der Waals surface area contributed by atoms with E-state index in [1.54, 1.807) is 13.0 Å². The molecule has 0 aliphatic carbocycles. The van der Waals surface area contributed by atoms with Crippen LogP contribution in [0.3, 0.4) is 0 Å². The largest absolute Gasteiger partial charge is 0.487 e. The number of carboxylic acid groups (broad SMARTS) is 1. The van der Waals surface area contributed by atoms with Gasteiger partial charge in [0.25, 0.3) is 0 Å². The highest BCUT2D eigenvalue weighted by Gasteiger charge is 2.23. The molecular weight excluding hydrogens is 338 g/mol. The molecule has 1 aliphatic rings. The predicted molar refractivity (Wildman–Crippen MR) is 81.0 cm³/mol. The summed E-state index contributed by atoms with van der Waals surface area (Å²) in [5, 5.41) is 10.1. The minimum atomic E-state index is -1.05. The van der Waals surface area contributed by atoms with E-state index in [1.165, 1.54) is 0 Å². The number of aromatic nitrogens is 1. The Morgan fingerprint density at radius 2 is 2.33 bits per heavy atom. The number of pyridine rings is 1. The molecule has 0 amide bonds. The normalized spacial score (nSPS) is 18.1. The van der Waals surface area contributed by atoms with Crippen LogP contribution in [0.1, 0.15) is 22.5 Å². The molecule has 1 aromatic heterocycles. The summed E-state index contributed by atoms with van der Waals surface area (Å²) in [5.74, 6) is -0.473. The number of nitrogens with zero attached hydrogens (tertiary/aromatic N) is 1. The Balaban J connectivity index is 2.18. The molecule has 3 rings (SSSR count). The molecule has 0 saturated carbocycles. The van der Waals surface area contributed by atoms with E-state index >= 15 is 0 Å². The molecule has 0 bridgehead atoms. The number of ether oxygens (including phenoxy) is 2. The average Bonchev–Trinajstić information content (AvgIpc) is 2.94. The van der Waals surface area contributed by atoms with Gasteiger partial charge < -0.3 is 14.6 Å². The van der Waals surface area contributed by atoms with Crippen LogP contribution in [0, 0.1) is 6.92 Å². The molecule has 5 nitrogen and oxygen atoms in total. The van der Waals surface area contributed by atoms with Crippen LogP contribution in [-0.2, 0) is 4.74 Å². The number of benzene rings is 1. The lowest BCUT2D eigenvalue weighted by atomic mass is 10.1. The van der Waals surface area contributed by atoms with Crippen LogP contribution in [-0.4, -0.2) is 35.4 Å². The Hall–Kier alpha value is -1.66. The van der Waals surface area contributed by atoms with E-state index in [1.807, 2.05) is 12.1 Å². The minimum absolute atomic E-state index is 0.0266. The Morgan fingerprint density at radius 3 is 3.00 bits per heavy atom. The maximum Gasteiger partial charge on any atom is 0.354 e. The van der Waals surface area contributed by atoms with Crippen LogP contribution in [0.5, 0.6) is 5.75 Å². The molecule has 1 aromatic carbocycles. The van der Waals surface area contributed by atoms with Gasteiger partial charge in [0.1, 0.15) is 11.9 Å². The fourth-order valence-electron chi connectivity index (χ4n) is 2.43. The second kappa shape index (κ2) is 5.61. The number of halogens is 1. The highest BCUT2D eigenvalue weighted by molar-refractivity contribution is 9.10. The maximum atomic E-state index is 11.4. The summed E-state index contributed by atoms with van der Waals surface area (Å²) >= 11 is 3.43. The third-order valence-corrected chi connectivity index (χ3v) is 4.00. The Kier molecular flexibility index (Phi) is 3.82. The summed E-state index contributed by atoms with van der Waals surface area (Å²) in [5.41, 5.74) is 1.17. The zero-order valence-electron chi connectivity index (χ0n) is 11.4. The number of carboxylic acids is 1. The summed E-state index contributed by atoms with van der Waals surface area (Å²) in [6.45, 7) is 2.92. The van der Waals surface area contributed by atoms with Crippen molar-refractivity contribution in [1.29, 1.82) is 0 Å². The smallest absolute Gasteiger partial charge is 0.354 e. The second-order valence-corrected chi connectivity index (χ2v) is 5.90. The van der Waals surface area contributed by atoms with Gasteiger partial charge in [0.15, 0.2) is 5.69 Å². The van der Waals surface area contributed by atoms with Gasteiger partial charge in [-0.25, -0.2) is 9.78 Å². The Labute approximate surface area is 130 Å². The summed E-state index contributed by atoms with van der Waals surface area (Å²) in [4.78, 5) is 15.6. The van der Waals surface area contributed by atoms with Crippen molar-refractivity contribution in [3.63, 3.8) is 0 Å². The molecule has 1 unspecified atom stereocenters. The van der Waals surface area contributed by atoms with Crippen LogP contribution < -0.4 is 4.74 Å². The molecule has 1 atom stereocenters. The number of aromatic carboxylic acids is 1. The standard InChI is InChI=1S/C15H14BrNO4/c1-8-13(15(18)19)17-12-3-2-9(16)6-11(12)14(8)21-10-4-5-20-7-10/h2-3,6,10H,4-5,7H2,1H3,(H,18,19). The Morgan fingerprint density at radius 1 is 1.52 bits per heavy atom. The lowest BCUT2D eigenvalue weighted by Crippen LogP contribution is -2.18. The lowest BCUT2D eigenvalue weighted by Gasteiger charge is -2.17. The van der Waals surface area contributed by atoms with E-state index in [9.17, 15) is 9.90 Å². The molecule has 2 heterocycles. The van der Waals surface area contributed by atoms with E-state index in [-0.39, 0.29) is 11.8 Å². The first-order valence-corrected chi connectivity index (χ1v) is 7.43. The molecule has 0 spiro atoms. The quantitative estimate of drug-likeness (QED) is 0.919. The summed E-state index contributed by atoms with van der Waals surface area (Å²) < 4.78 is 12.2. The number of hydrogen-bond donors (Lipinski definition) is 1. The van der Waals surface area contributed by atoms with E-state index in [2.05, 4.69) is 20.9 Å². The third kappa shape index (κ3) is 2.73. The molecule has 0 radical (unpaired) electrons. The van der Waals surface area contributed by atoms with Crippen LogP contribution in [0.15, 0.2) is 22.7 Å². The van der Waals surface area contributed by atoms with Crippen molar-refractivity contribution in [3.05, 3.63) is 33.9 Å². The molecule has 1 N–H and O–H groups in total. The van der Waals surface area contributed by atoms with Crippen molar-refractivity contribution >= 4 is 32.8 Å². The van der Waals surface area contributed by atoms with Gasteiger partial charge in [-0.1, -0.05) is 15.9 Å². The SMILES string of the molecule is Cc1c(C(=O)O)nc2ccc(Br)cc2c1OC1CCOC1. The first kappa shape index (κ1) is 14.3. The van der Waals surface area contributed by atoms with Crippen molar-refractivity contribution in [2.24, 2.45) is 0 Å². The van der Waals surface area contributed by atoms with Crippen LogP contribution in [0.4, 0.5) is 0 Å². The van der Waals surface area contributed by atoms with Gasteiger partial charge in [0, 0.05) is 21.8 Å². The summed E-state index contributed by atoms with van der Waals surface area (Å²) in [6.07, 6.45) is 0.759. The highest BCUT2D eigenvalue weighted by Crippen LogP contribution is 2.34. The molecule has 1 saturated heterocycles. The van der Waals surface area contributed by atoms with Crippen LogP contribution in [0.25, 0.3) is 10.9 Å². The van der Waals surface area contributed by atoms with E-state index in [0.29, 0.717) is 30.0 Å². The molecule has 2 aromatic rings. The summed E-state index contributed by atoms with van der Waals surface area (Å²) in [7, 11) is 0. The van der Waals surface area contributed by atoms with E-state index in [0.717, 1.165) is 16.3 Å². The number of hydrogen-bond acceptors (Lipinski definition) is 4. The molecular formula is C15H14BrNO4. The second-order valence-electron chi connectivity index (χ2n) is 4.98. The van der Waals surface area contributed by atoms with Gasteiger partial charge in [-0.05, 0) is 25.1 Å². The van der Waals surface area contributed by atoms with Crippen LogP contribution >= 0.6 is 15.9 Å². The maximum absolute atomic E-state index is 11.4. The Bertz CT molecular complexity index is 710. The number of fused-ring (bicyclic) bond motifs is 1. The zero-order valence-corrected chi connectivity index (χ0v) is 13.0. The van der Waals surface area contributed by atoms with E-state index in [4.69, 9.17) is 9.47 Å². The van der Waals surface area contributed by atoms with Crippen molar-refractivity contribution in [1.82, 2.24) is 4.98 Å². The molecule has 6 heteroatoms. The van der Waals surface area contributed by atoms with Crippen LogP contribution in [0.2, 0.25) is 0 Å². The van der Waals surface area contributed by atoms with E-state index < -0.39 is 5.97 Å². The molecule has 1 aliphatic heterocycles. The van der Waals surface area contributed by atoms with Gasteiger partial charge >= 0.3 is 5.97 Å². The molecule has 110 valence electrons. The van der Waals surface area contributed by atoms with Crippen molar-refractivity contribution < 1.29 is 19.4 Å². The number of carbonyl (C=O) groups is 1. The fraction of sp³-hybridized carbons (Fsp3) is 0.333. The van der Waals surface area contributed by atoms with Gasteiger partial charge in [-0.15, -0.1) is 0 Å².